The molecule has 2 heterocycles. The lowest BCUT2D eigenvalue weighted by Crippen LogP contribution is -2.70. The molecule has 4 fully saturated rings. The van der Waals surface area contributed by atoms with E-state index >= 15 is 0 Å². The van der Waals surface area contributed by atoms with Crippen LogP contribution in [-0.4, -0.2) is 28.8 Å². The van der Waals surface area contributed by atoms with Crippen molar-refractivity contribution in [1.82, 2.24) is 5.32 Å². The smallest absolute Gasteiger partial charge is 0.437 e. The highest BCUT2D eigenvalue weighted by molar-refractivity contribution is 6.24. The van der Waals surface area contributed by atoms with Crippen LogP contribution in [0.3, 0.4) is 0 Å². The molecule has 4 aliphatic rings. The molecular weight excluding hydrogens is 271 g/mol. The summed E-state index contributed by atoms with van der Waals surface area (Å²) in [5, 5.41) is 3.03. The van der Waals surface area contributed by atoms with Gasteiger partial charge in [0, 0.05) is 18.9 Å². The minimum Gasteiger partial charge on any atom is -0.437 e. The van der Waals surface area contributed by atoms with E-state index in [1.807, 2.05) is 0 Å². The summed E-state index contributed by atoms with van der Waals surface area (Å²) in [4.78, 5) is 10.5. The molecule has 0 spiro atoms. The quantitative estimate of drug-likeness (QED) is 0.593. The lowest BCUT2D eigenvalue weighted by Gasteiger charge is -2.59. The molecule has 3 nitrogen and oxygen atoms in total. The van der Waals surface area contributed by atoms with Crippen LogP contribution in [0.2, 0.25) is 0 Å². The summed E-state index contributed by atoms with van der Waals surface area (Å²) in [5.74, 6) is -1.88. The molecule has 7 heteroatoms. The Morgan fingerprint density at radius 2 is 2.06 bits per heavy atom. The summed E-state index contributed by atoms with van der Waals surface area (Å²) in [7, 11) is 0. The number of nitrogens with one attached hydrogen (secondary N) is 1. The zero-order valence-electron chi connectivity index (χ0n) is 9.52. The fourth-order valence-corrected chi connectivity index (χ4v) is 4.52. The molecule has 0 amide bonds. The number of esters is 1. The fourth-order valence-electron chi connectivity index (χ4n) is 3.90. The van der Waals surface area contributed by atoms with Crippen molar-refractivity contribution < 1.29 is 22.7 Å². The Morgan fingerprint density at radius 3 is 2.61 bits per heavy atom. The Morgan fingerprint density at radius 1 is 1.33 bits per heavy atom. The standard InChI is InChI=1S/C11H13ClF3NO2/c12-9-2-6-1-7(4-9)16-10(3-6,5-9)18-8(17)11(13,14)15/h6-7,16H,1-5H2. The van der Waals surface area contributed by atoms with Crippen molar-refractivity contribution in [1.29, 1.82) is 0 Å². The topological polar surface area (TPSA) is 38.3 Å². The number of halogens is 4. The van der Waals surface area contributed by atoms with E-state index in [0.29, 0.717) is 6.42 Å². The Balaban J connectivity index is 1.81. The number of hydrogen-bond acceptors (Lipinski definition) is 3. The molecular formula is C11H13ClF3NO2. The Kier molecular flexibility index (Phi) is 2.46. The van der Waals surface area contributed by atoms with Crippen LogP contribution in [0.25, 0.3) is 0 Å². The van der Waals surface area contributed by atoms with E-state index < -0.39 is 22.7 Å². The predicted molar refractivity (Wildman–Crippen MR) is 57.0 cm³/mol. The van der Waals surface area contributed by atoms with E-state index in [4.69, 9.17) is 16.3 Å². The number of ether oxygens (including phenoxy) is 1. The molecule has 4 bridgehead atoms. The third-order valence-electron chi connectivity index (χ3n) is 4.09. The second-order valence-corrected chi connectivity index (χ2v) is 6.57. The van der Waals surface area contributed by atoms with Crippen LogP contribution in [-0.2, 0) is 9.53 Å². The van der Waals surface area contributed by atoms with Gasteiger partial charge in [-0.3, -0.25) is 5.32 Å². The first kappa shape index (κ1) is 12.5. The third-order valence-corrected chi connectivity index (χ3v) is 4.53. The fraction of sp³-hybridized carbons (Fsp3) is 0.909. The summed E-state index contributed by atoms with van der Waals surface area (Å²) in [5.41, 5.74) is -1.21. The average molecular weight is 284 g/mol. The van der Waals surface area contributed by atoms with Gasteiger partial charge in [0.05, 0.1) is 4.87 Å². The first-order chi connectivity index (χ1) is 8.20. The van der Waals surface area contributed by atoms with Gasteiger partial charge in [0.15, 0.2) is 5.72 Å². The molecule has 0 radical (unpaired) electrons. The zero-order valence-corrected chi connectivity index (χ0v) is 10.3. The van der Waals surface area contributed by atoms with Crippen molar-refractivity contribution in [3.63, 3.8) is 0 Å². The Bertz CT molecular complexity index is 384. The minimum absolute atomic E-state index is 0.0600. The summed E-state index contributed by atoms with van der Waals surface area (Å²) in [6, 6.07) is 0.0600. The van der Waals surface area contributed by atoms with E-state index in [1.54, 1.807) is 0 Å². The average Bonchev–Trinajstić information content (AvgIpc) is 2.10. The molecule has 18 heavy (non-hydrogen) atoms. The monoisotopic (exact) mass is 283 g/mol. The molecule has 4 atom stereocenters. The summed E-state index contributed by atoms with van der Waals surface area (Å²) >= 11 is 6.41. The normalized spacial score (nSPS) is 46.2. The van der Waals surface area contributed by atoms with Crippen LogP contribution < -0.4 is 5.32 Å². The highest BCUT2D eigenvalue weighted by Crippen LogP contribution is 2.55. The van der Waals surface area contributed by atoms with Gasteiger partial charge in [-0.1, -0.05) is 0 Å². The SMILES string of the molecule is O=C(OC12CC3CC(CC(Cl)(C3)C1)N2)C(F)(F)F. The highest BCUT2D eigenvalue weighted by atomic mass is 35.5. The molecule has 2 aliphatic heterocycles. The van der Waals surface area contributed by atoms with E-state index in [9.17, 15) is 18.0 Å². The van der Waals surface area contributed by atoms with Crippen molar-refractivity contribution in [3.05, 3.63) is 0 Å². The molecule has 0 aromatic rings. The molecule has 1 N–H and O–H groups in total. The van der Waals surface area contributed by atoms with E-state index in [0.717, 1.165) is 19.3 Å². The lowest BCUT2D eigenvalue weighted by atomic mass is 9.62. The van der Waals surface area contributed by atoms with Gasteiger partial charge < -0.3 is 4.74 Å². The minimum atomic E-state index is -4.95. The Labute approximate surface area is 107 Å². The van der Waals surface area contributed by atoms with Gasteiger partial charge >= 0.3 is 12.1 Å². The maximum absolute atomic E-state index is 12.3. The lowest BCUT2D eigenvalue weighted by molar-refractivity contribution is -0.232. The van der Waals surface area contributed by atoms with Crippen LogP contribution in [0.4, 0.5) is 13.2 Å². The molecule has 0 aromatic heterocycles. The number of hydrogen-bond donors (Lipinski definition) is 1. The van der Waals surface area contributed by atoms with E-state index in [1.165, 1.54) is 0 Å². The molecule has 4 rings (SSSR count). The second kappa shape index (κ2) is 3.54. The molecule has 2 saturated heterocycles. The van der Waals surface area contributed by atoms with Crippen molar-refractivity contribution in [3.8, 4) is 0 Å². The van der Waals surface area contributed by atoms with Gasteiger partial charge in [0.2, 0.25) is 0 Å². The highest BCUT2D eigenvalue weighted by Gasteiger charge is 2.60. The number of carbonyl (C=O) groups is 1. The van der Waals surface area contributed by atoms with Crippen LogP contribution in [0.5, 0.6) is 0 Å². The summed E-state index contributed by atoms with van der Waals surface area (Å²) in [6.45, 7) is 0. The van der Waals surface area contributed by atoms with Crippen LogP contribution in [0.1, 0.15) is 32.1 Å². The van der Waals surface area contributed by atoms with Crippen molar-refractivity contribution in [2.24, 2.45) is 5.92 Å². The first-order valence-corrected chi connectivity index (χ1v) is 6.34. The van der Waals surface area contributed by atoms with Crippen LogP contribution in [0.15, 0.2) is 0 Å². The van der Waals surface area contributed by atoms with Gasteiger partial charge in [0.1, 0.15) is 0 Å². The maximum atomic E-state index is 12.3. The van der Waals surface area contributed by atoms with Gasteiger partial charge in [-0.2, -0.15) is 13.2 Å². The maximum Gasteiger partial charge on any atom is 0.490 e. The van der Waals surface area contributed by atoms with Crippen LogP contribution >= 0.6 is 11.6 Å². The molecule has 0 aromatic carbocycles. The summed E-state index contributed by atoms with van der Waals surface area (Å²) in [6.07, 6.45) is -1.82. The number of piperidine rings is 2. The molecule has 2 aliphatic carbocycles. The number of carbonyl (C=O) groups excluding carboxylic acids is 1. The Hall–Kier alpha value is -0.490. The summed E-state index contributed by atoms with van der Waals surface area (Å²) < 4.78 is 41.6. The molecule has 4 unspecified atom stereocenters. The van der Waals surface area contributed by atoms with Crippen molar-refractivity contribution in [2.75, 3.05) is 0 Å². The number of rotatable bonds is 1. The van der Waals surface area contributed by atoms with E-state index in [2.05, 4.69) is 5.32 Å². The predicted octanol–water partition coefficient (Wildman–Crippen LogP) is 2.33. The molecule has 2 saturated carbocycles. The van der Waals surface area contributed by atoms with Crippen molar-refractivity contribution in [2.45, 2.75) is 54.9 Å². The van der Waals surface area contributed by atoms with Gasteiger partial charge in [0.25, 0.3) is 0 Å². The molecule has 102 valence electrons. The van der Waals surface area contributed by atoms with E-state index in [-0.39, 0.29) is 18.4 Å². The first-order valence-electron chi connectivity index (χ1n) is 5.97. The second-order valence-electron chi connectivity index (χ2n) is 5.76. The van der Waals surface area contributed by atoms with Crippen LogP contribution in [0, 0.1) is 5.92 Å². The van der Waals surface area contributed by atoms with Gasteiger partial charge in [-0.15, -0.1) is 11.6 Å². The zero-order chi connectivity index (χ0) is 13.2. The van der Waals surface area contributed by atoms with Gasteiger partial charge in [-0.25, -0.2) is 4.79 Å². The number of alkyl halides is 4. The largest absolute Gasteiger partial charge is 0.490 e. The third kappa shape index (κ3) is 1.99. The van der Waals surface area contributed by atoms with Gasteiger partial charge in [-0.05, 0) is 25.2 Å². The van der Waals surface area contributed by atoms with Crippen molar-refractivity contribution >= 4 is 17.6 Å².